The molecule has 0 spiro atoms. The molecule has 0 fully saturated rings. The summed E-state index contributed by atoms with van der Waals surface area (Å²) in [4.78, 5) is 9.73. The number of hydrogen-bond donors (Lipinski definition) is 2. The van der Waals surface area contributed by atoms with Crippen molar-refractivity contribution in [2.45, 2.75) is 20.4 Å². The van der Waals surface area contributed by atoms with Gasteiger partial charge in [-0.25, -0.2) is 9.98 Å². The molecule has 0 aliphatic heterocycles. The molecule has 1 rings (SSSR count). The molecule has 0 aromatic carbocycles. The molecule has 0 saturated heterocycles. The van der Waals surface area contributed by atoms with E-state index in [0.717, 1.165) is 22.4 Å². The molecular weight excluding hydrogens is 347 g/mol. The Morgan fingerprint density at radius 2 is 2.35 bits per heavy atom. The zero-order valence-electron chi connectivity index (χ0n) is 9.99. The molecule has 17 heavy (non-hydrogen) atoms. The number of nitrogens with one attached hydrogen (secondary N) is 2. The summed E-state index contributed by atoms with van der Waals surface area (Å²) in [6.45, 7) is 5.93. The van der Waals surface area contributed by atoms with Crippen LogP contribution >= 0.6 is 35.3 Å². The molecule has 0 bridgehead atoms. The van der Waals surface area contributed by atoms with Crippen molar-refractivity contribution in [1.29, 1.82) is 0 Å². The van der Waals surface area contributed by atoms with Gasteiger partial charge in [-0.1, -0.05) is 5.92 Å². The molecule has 94 valence electrons. The average Bonchev–Trinajstić information content (AvgIpc) is 2.68. The van der Waals surface area contributed by atoms with Crippen LogP contribution in [0.15, 0.2) is 11.2 Å². The lowest BCUT2D eigenvalue weighted by Gasteiger charge is -2.07. The average molecular weight is 364 g/mol. The molecule has 1 aromatic heterocycles. The second kappa shape index (κ2) is 9.24. The van der Waals surface area contributed by atoms with Gasteiger partial charge in [0.05, 0.1) is 18.1 Å². The van der Waals surface area contributed by atoms with Gasteiger partial charge in [0.2, 0.25) is 0 Å². The van der Waals surface area contributed by atoms with Gasteiger partial charge in [-0.3, -0.25) is 0 Å². The van der Waals surface area contributed by atoms with Crippen molar-refractivity contribution in [3.63, 3.8) is 0 Å². The molecule has 2 N–H and O–H groups in total. The van der Waals surface area contributed by atoms with Gasteiger partial charge in [0.15, 0.2) is 5.96 Å². The van der Waals surface area contributed by atoms with Crippen LogP contribution in [0, 0.1) is 19.3 Å². The monoisotopic (exact) mass is 364 g/mol. The minimum Gasteiger partial charge on any atom is -0.357 e. The third-order valence-electron chi connectivity index (χ3n) is 1.76. The van der Waals surface area contributed by atoms with Crippen LogP contribution in [0.4, 0.5) is 0 Å². The molecule has 1 heterocycles. The van der Waals surface area contributed by atoms with Crippen LogP contribution in [0.2, 0.25) is 0 Å². The molecule has 6 heteroatoms. The smallest absolute Gasteiger partial charge is 0.192 e. The summed E-state index contributed by atoms with van der Waals surface area (Å²) in [5.41, 5.74) is 0. The molecule has 0 aliphatic carbocycles. The summed E-state index contributed by atoms with van der Waals surface area (Å²) in [6.07, 6.45) is 7.04. The first-order valence-electron chi connectivity index (χ1n) is 5.13. The summed E-state index contributed by atoms with van der Waals surface area (Å²) in [6, 6.07) is 0. The third kappa shape index (κ3) is 6.48. The molecule has 0 amide bonds. The second-order valence-electron chi connectivity index (χ2n) is 3.10. The Morgan fingerprint density at radius 1 is 1.59 bits per heavy atom. The zero-order chi connectivity index (χ0) is 11.8. The number of nitrogens with zero attached hydrogens (tertiary/aromatic N) is 2. The van der Waals surface area contributed by atoms with E-state index in [1.54, 1.807) is 11.3 Å². The summed E-state index contributed by atoms with van der Waals surface area (Å²) < 4.78 is 0. The maximum Gasteiger partial charge on any atom is 0.192 e. The van der Waals surface area contributed by atoms with Crippen LogP contribution in [-0.4, -0.2) is 24.0 Å². The van der Waals surface area contributed by atoms with Crippen LogP contribution in [0.1, 0.15) is 16.8 Å². The van der Waals surface area contributed by atoms with E-state index >= 15 is 0 Å². The summed E-state index contributed by atoms with van der Waals surface area (Å²) in [7, 11) is 0. The van der Waals surface area contributed by atoms with Crippen molar-refractivity contribution in [3.8, 4) is 12.3 Å². The van der Waals surface area contributed by atoms with Gasteiger partial charge >= 0.3 is 0 Å². The van der Waals surface area contributed by atoms with E-state index in [2.05, 4.69) is 26.5 Å². The van der Waals surface area contributed by atoms with Gasteiger partial charge in [0.25, 0.3) is 0 Å². The van der Waals surface area contributed by atoms with E-state index in [1.165, 1.54) is 0 Å². The Balaban J connectivity index is 0.00000256. The fourth-order valence-electron chi connectivity index (χ4n) is 1.11. The highest BCUT2D eigenvalue weighted by Crippen LogP contribution is 2.11. The SMILES string of the molecule is C#CCNC(=NCc1cnc(C)s1)NCC.I. The Labute approximate surface area is 123 Å². The van der Waals surface area contributed by atoms with E-state index in [-0.39, 0.29) is 24.0 Å². The Bertz CT molecular complexity index is 394. The number of thiazole rings is 1. The van der Waals surface area contributed by atoms with E-state index in [1.807, 2.05) is 20.0 Å². The molecule has 0 atom stereocenters. The van der Waals surface area contributed by atoms with E-state index < -0.39 is 0 Å². The van der Waals surface area contributed by atoms with Gasteiger partial charge in [-0.15, -0.1) is 41.7 Å². The van der Waals surface area contributed by atoms with Crippen molar-refractivity contribution >= 4 is 41.3 Å². The summed E-state index contributed by atoms with van der Waals surface area (Å²) in [5.74, 6) is 3.26. The van der Waals surface area contributed by atoms with E-state index in [9.17, 15) is 0 Å². The van der Waals surface area contributed by atoms with Crippen molar-refractivity contribution in [3.05, 3.63) is 16.1 Å². The molecule has 0 radical (unpaired) electrons. The normalized spacial score (nSPS) is 10.3. The van der Waals surface area contributed by atoms with Gasteiger partial charge in [-0.05, 0) is 13.8 Å². The number of rotatable bonds is 4. The minimum atomic E-state index is 0. The summed E-state index contributed by atoms with van der Waals surface area (Å²) >= 11 is 1.66. The van der Waals surface area contributed by atoms with Crippen LogP contribution in [0.3, 0.4) is 0 Å². The second-order valence-corrected chi connectivity index (χ2v) is 4.42. The van der Waals surface area contributed by atoms with Crippen LogP contribution in [0.25, 0.3) is 0 Å². The molecule has 0 saturated carbocycles. The highest BCUT2D eigenvalue weighted by molar-refractivity contribution is 14.0. The summed E-state index contributed by atoms with van der Waals surface area (Å²) in [5, 5.41) is 7.22. The molecule has 0 unspecified atom stereocenters. The quantitative estimate of drug-likeness (QED) is 0.371. The number of aryl methyl sites for hydroxylation is 1. The molecule has 1 aromatic rings. The largest absolute Gasteiger partial charge is 0.357 e. The lowest BCUT2D eigenvalue weighted by Crippen LogP contribution is -2.37. The highest BCUT2D eigenvalue weighted by atomic mass is 127. The number of halogens is 1. The predicted octanol–water partition coefficient (Wildman–Crippen LogP) is 1.76. The predicted molar refractivity (Wildman–Crippen MR) is 83.9 cm³/mol. The van der Waals surface area contributed by atoms with Crippen molar-refractivity contribution < 1.29 is 0 Å². The fourth-order valence-corrected chi connectivity index (χ4v) is 1.83. The van der Waals surface area contributed by atoms with Gasteiger partial charge in [0, 0.05) is 17.6 Å². The van der Waals surface area contributed by atoms with Crippen LogP contribution in [0.5, 0.6) is 0 Å². The van der Waals surface area contributed by atoms with E-state index in [0.29, 0.717) is 13.1 Å². The first kappa shape index (κ1) is 16.2. The highest BCUT2D eigenvalue weighted by Gasteiger charge is 1.98. The number of hydrogen-bond acceptors (Lipinski definition) is 3. The molecular formula is C11H17IN4S. The van der Waals surface area contributed by atoms with Gasteiger partial charge in [0.1, 0.15) is 0 Å². The lowest BCUT2D eigenvalue weighted by atomic mass is 10.5. The number of terminal acetylenes is 1. The Morgan fingerprint density at radius 3 is 2.88 bits per heavy atom. The number of aromatic nitrogens is 1. The lowest BCUT2D eigenvalue weighted by molar-refractivity contribution is 0.867. The van der Waals surface area contributed by atoms with Crippen molar-refractivity contribution in [1.82, 2.24) is 15.6 Å². The molecule has 4 nitrogen and oxygen atoms in total. The maximum absolute atomic E-state index is 5.18. The first-order chi connectivity index (χ1) is 7.76. The minimum absolute atomic E-state index is 0. The van der Waals surface area contributed by atoms with Crippen molar-refractivity contribution in [2.24, 2.45) is 4.99 Å². The van der Waals surface area contributed by atoms with Crippen molar-refractivity contribution in [2.75, 3.05) is 13.1 Å². The zero-order valence-corrected chi connectivity index (χ0v) is 13.1. The van der Waals surface area contributed by atoms with E-state index in [4.69, 9.17) is 6.42 Å². The standard InChI is InChI=1S/C11H16N4S.HI/c1-4-6-13-11(12-5-2)15-8-10-7-14-9(3)16-10;/h1,7H,5-6,8H2,2-3H3,(H2,12,13,15);1H. The molecule has 0 aliphatic rings. The van der Waals surface area contributed by atoms with Crippen LogP contribution in [-0.2, 0) is 6.54 Å². The Kier molecular flexibility index (Phi) is 8.80. The van der Waals surface area contributed by atoms with Crippen LogP contribution < -0.4 is 10.6 Å². The Hall–Kier alpha value is -0.810. The number of guanidine groups is 1. The third-order valence-corrected chi connectivity index (χ3v) is 2.66. The van der Waals surface area contributed by atoms with Gasteiger partial charge in [-0.2, -0.15) is 0 Å². The number of aliphatic imine (C=N–C) groups is 1. The van der Waals surface area contributed by atoms with Gasteiger partial charge < -0.3 is 10.6 Å². The topological polar surface area (TPSA) is 49.3 Å². The first-order valence-corrected chi connectivity index (χ1v) is 5.95. The maximum atomic E-state index is 5.18. The fraction of sp³-hybridized carbons (Fsp3) is 0.455.